The lowest BCUT2D eigenvalue weighted by molar-refractivity contribution is 1.22. The molecule has 4 nitrogen and oxygen atoms in total. The molecule has 2 N–H and O–H groups in total. The van der Waals surface area contributed by atoms with Crippen LogP contribution in [0.4, 0.5) is 5.82 Å². The van der Waals surface area contributed by atoms with Crippen LogP contribution in [-0.2, 0) is 0 Å². The Labute approximate surface area is 154 Å². The molecule has 1 aliphatic carbocycles. The van der Waals surface area contributed by atoms with Gasteiger partial charge in [-0.05, 0) is 76.9 Å². The number of pyridine rings is 1. The number of hydrogen-bond donors (Lipinski definition) is 1. The van der Waals surface area contributed by atoms with Gasteiger partial charge in [-0.15, -0.1) is 0 Å². The highest BCUT2D eigenvalue weighted by molar-refractivity contribution is 14.1. The molecule has 0 aliphatic heterocycles. The van der Waals surface area contributed by atoms with Crippen molar-refractivity contribution in [3.8, 4) is 12.1 Å². The van der Waals surface area contributed by atoms with Gasteiger partial charge in [0.2, 0.25) is 0 Å². The number of benzene rings is 1. The zero-order chi connectivity index (χ0) is 17.4. The first-order valence-electron chi connectivity index (χ1n) is 7.27. The van der Waals surface area contributed by atoms with Gasteiger partial charge in [0.25, 0.3) is 0 Å². The first-order valence-corrected chi connectivity index (χ1v) is 8.35. The Morgan fingerprint density at radius 1 is 1.12 bits per heavy atom. The summed E-state index contributed by atoms with van der Waals surface area (Å²) < 4.78 is 1.16. The molecule has 1 heterocycles. The summed E-state index contributed by atoms with van der Waals surface area (Å²) >= 11 is 2.26. The molecule has 3 rings (SSSR count). The van der Waals surface area contributed by atoms with Crippen LogP contribution in [0.15, 0.2) is 29.8 Å². The summed E-state index contributed by atoms with van der Waals surface area (Å²) in [6, 6.07) is 12.4. The molecule has 1 aromatic carbocycles. The fourth-order valence-corrected chi connectivity index (χ4v) is 3.28. The average Bonchev–Trinajstić information content (AvgIpc) is 2.81. The number of fused-ring (bicyclic) bond motifs is 1. The van der Waals surface area contributed by atoms with E-state index in [-0.39, 0.29) is 5.82 Å². The van der Waals surface area contributed by atoms with E-state index in [1.165, 1.54) is 0 Å². The number of allylic oxidation sites excluding steroid dienone is 3. The van der Waals surface area contributed by atoms with Gasteiger partial charge in [-0.25, -0.2) is 4.98 Å². The number of nitrogens with two attached hydrogens (primary N) is 1. The van der Waals surface area contributed by atoms with E-state index in [1.54, 1.807) is 0 Å². The highest BCUT2D eigenvalue weighted by Gasteiger charge is 2.29. The molecule has 116 valence electrons. The Morgan fingerprint density at radius 2 is 1.79 bits per heavy atom. The van der Waals surface area contributed by atoms with Gasteiger partial charge in [-0.3, -0.25) is 0 Å². The summed E-state index contributed by atoms with van der Waals surface area (Å²) in [5.74, 6) is 0.171. The summed E-state index contributed by atoms with van der Waals surface area (Å²) in [5, 5.41) is 18.9. The third-order valence-corrected chi connectivity index (χ3v) is 4.88. The molecular formula is C19H13IN4. The van der Waals surface area contributed by atoms with Crippen molar-refractivity contribution in [2.45, 2.75) is 13.8 Å². The topological polar surface area (TPSA) is 86.5 Å². The minimum atomic E-state index is 0.171. The van der Waals surface area contributed by atoms with E-state index >= 15 is 0 Å². The Bertz CT molecular complexity index is 1000. The number of rotatable bonds is 1. The van der Waals surface area contributed by atoms with E-state index in [4.69, 9.17) is 5.73 Å². The standard InChI is InChI=1S/C19H13IN4/c1-10-14(7-12-3-5-13(20)6-4-12)17-11(2)16(9-22)19(23)24-18(17)15(10)8-21/h3-7H,1-2H3,(H2,23,24). The van der Waals surface area contributed by atoms with E-state index in [0.717, 1.165) is 31.4 Å². The molecule has 0 radical (unpaired) electrons. The fraction of sp³-hybridized carbons (Fsp3) is 0.105. The molecular weight excluding hydrogens is 411 g/mol. The van der Waals surface area contributed by atoms with Crippen LogP contribution in [0.3, 0.4) is 0 Å². The number of hydrogen-bond acceptors (Lipinski definition) is 4. The minimum Gasteiger partial charge on any atom is -0.383 e. The van der Waals surface area contributed by atoms with E-state index < -0.39 is 0 Å². The van der Waals surface area contributed by atoms with Gasteiger partial charge in [-0.2, -0.15) is 10.5 Å². The third-order valence-electron chi connectivity index (χ3n) is 4.16. The number of aromatic nitrogens is 1. The van der Waals surface area contributed by atoms with Crippen molar-refractivity contribution in [1.82, 2.24) is 4.98 Å². The van der Waals surface area contributed by atoms with E-state index in [0.29, 0.717) is 16.8 Å². The maximum Gasteiger partial charge on any atom is 0.142 e. The molecule has 0 spiro atoms. The Balaban J connectivity index is 2.31. The maximum atomic E-state index is 9.53. The van der Waals surface area contributed by atoms with Crippen LogP contribution in [-0.4, -0.2) is 4.98 Å². The highest BCUT2D eigenvalue weighted by Crippen LogP contribution is 2.44. The normalized spacial score (nSPS) is 14.5. The van der Waals surface area contributed by atoms with Gasteiger partial charge in [0.05, 0.1) is 16.8 Å². The number of nitrogens with zero attached hydrogens (tertiary/aromatic N) is 3. The molecule has 0 saturated carbocycles. The van der Waals surface area contributed by atoms with Crippen LogP contribution in [0.1, 0.15) is 34.9 Å². The van der Waals surface area contributed by atoms with Crippen molar-refractivity contribution in [2.24, 2.45) is 0 Å². The van der Waals surface area contributed by atoms with Gasteiger partial charge < -0.3 is 5.73 Å². The number of nitrogen functional groups attached to an aromatic ring is 1. The van der Waals surface area contributed by atoms with Crippen LogP contribution in [0.5, 0.6) is 0 Å². The molecule has 24 heavy (non-hydrogen) atoms. The van der Waals surface area contributed by atoms with E-state index in [1.807, 2.05) is 44.2 Å². The lowest BCUT2D eigenvalue weighted by Crippen LogP contribution is -2.03. The second-order valence-corrected chi connectivity index (χ2v) is 6.80. The third kappa shape index (κ3) is 2.47. The van der Waals surface area contributed by atoms with Crippen LogP contribution in [0.2, 0.25) is 0 Å². The van der Waals surface area contributed by atoms with E-state index in [2.05, 4.69) is 39.7 Å². The van der Waals surface area contributed by atoms with Gasteiger partial charge >= 0.3 is 0 Å². The molecule has 1 aromatic heterocycles. The number of halogens is 1. The molecule has 5 heteroatoms. The molecule has 0 bridgehead atoms. The molecule has 0 fully saturated rings. The Hall–Kier alpha value is -2.64. The van der Waals surface area contributed by atoms with Crippen molar-refractivity contribution >= 4 is 45.6 Å². The zero-order valence-corrected chi connectivity index (χ0v) is 15.3. The predicted molar refractivity (Wildman–Crippen MR) is 103 cm³/mol. The fourth-order valence-electron chi connectivity index (χ4n) is 2.92. The molecule has 2 aromatic rings. The van der Waals surface area contributed by atoms with Crippen molar-refractivity contribution in [1.29, 1.82) is 10.5 Å². The van der Waals surface area contributed by atoms with Crippen LogP contribution in [0, 0.1) is 33.2 Å². The summed E-state index contributed by atoms with van der Waals surface area (Å²) in [7, 11) is 0. The number of nitriles is 2. The molecule has 1 aliphatic rings. The van der Waals surface area contributed by atoms with Gasteiger partial charge in [-0.1, -0.05) is 12.1 Å². The summed E-state index contributed by atoms with van der Waals surface area (Å²) in [6.45, 7) is 3.76. The van der Waals surface area contributed by atoms with Gasteiger partial charge in [0.15, 0.2) is 0 Å². The van der Waals surface area contributed by atoms with Crippen LogP contribution in [0.25, 0.3) is 17.2 Å². The zero-order valence-electron chi connectivity index (χ0n) is 13.2. The SMILES string of the molecule is CC1=C(C#N)c2nc(N)c(C#N)c(C)c2C1=Cc1ccc(I)cc1. The van der Waals surface area contributed by atoms with Crippen molar-refractivity contribution < 1.29 is 0 Å². The van der Waals surface area contributed by atoms with Crippen molar-refractivity contribution in [3.05, 3.63) is 61.4 Å². The summed E-state index contributed by atoms with van der Waals surface area (Å²) in [5.41, 5.74) is 11.8. The Morgan fingerprint density at radius 3 is 2.38 bits per heavy atom. The summed E-state index contributed by atoms with van der Waals surface area (Å²) in [6.07, 6.45) is 2.03. The summed E-state index contributed by atoms with van der Waals surface area (Å²) in [4.78, 5) is 4.33. The molecule has 0 saturated heterocycles. The predicted octanol–water partition coefficient (Wildman–Crippen LogP) is 4.30. The first-order chi connectivity index (χ1) is 11.5. The second-order valence-electron chi connectivity index (χ2n) is 5.55. The van der Waals surface area contributed by atoms with Crippen molar-refractivity contribution in [3.63, 3.8) is 0 Å². The molecule has 0 atom stereocenters. The Kier molecular flexibility index (Phi) is 4.13. The monoisotopic (exact) mass is 424 g/mol. The molecule has 0 amide bonds. The quantitative estimate of drug-likeness (QED) is 0.692. The lowest BCUT2D eigenvalue weighted by atomic mass is 9.95. The number of anilines is 1. The lowest BCUT2D eigenvalue weighted by Gasteiger charge is -2.11. The van der Waals surface area contributed by atoms with Crippen LogP contribution >= 0.6 is 22.6 Å². The highest BCUT2D eigenvalue weighted by atomic mass is 127. The van der Waals surface area contributed by atoms with Gasteiger partial charge in [0.1, 0.15) is 18.0 Å². The smallest absolute Gasteiger partial charge is 0.142 e. The van der Waals surface area contributed by atoms with Gasteiger partial charge in [0, 0.05) is 9.13 Å². The second kappa shape index (κ2) is 6.10. The molecule has 0 unspecified atom stereocenters. The van der Waals surface area contributed by atoms with Crippen LogP contribution < -0.4 is 5.73 Å². The largest absolute Gasteiger partial charge is 0.383 e. The van der Waals surface area contributed by atoms with E-state index in [9.17, 15) is 10.5 Å². The first kappa shape index (κ1) is 16.2. The maximum absolute atomic E-state index is 9.53. The van der Waals surface area contributed by atoms with Crippen molar-refractivity contribution in [2.75, 3.05) is 5.73 Å². The average molecular weight is 424 g/mol. The minimum absolute atomic E-state index is 0.171.